The minimum absolute atomic E-state index is 0.220. The molecule has 3 N–H and O–H groups in total. The average molecular weight is 171 g/mol. The van der Waals surface area contributed by atoms with Crippen molar-refractivity contribution in [3.63, 3.8) is 0 Å². The van der Waals surface area contributed by atoms with Crippen molar-refractivity contribution in [2.75, 3.05) is 0 Å². The fraction of sp³-hybridized carbons (Fsp3) is 0.889. The minimum Gasteiger partial charge on any atom is -0.481 e. The second kappa shape index (κ2) is 3.90. The van der Waals surface area contributed by atoms with E-state index in [4.69, 9.17) is 10.8 Å². The zero-order valence-corrected chi connectivity index (χ0v) is 7.49. The highest BCUT2D eigenvalue weighted by atomic mass is 16.4. The Morgan fingerprint density at radius 1 is 1.67 bits per heavy atom. The lowest BCUT2D eigenvalue weighted by Crippen LogP contribution is -2.25. The van der Waals surface area contributed by atoms with Gasteiger partial charge in [-0.15, -0.1) is 0 Å². The van der Waals surface area contributed by atoms with Crippen molar-refractivity contribution in [1.29, 1.82) is 0 Å². The van der Waals surface area contributed by atoms with E-state index in [2.05, 4.69) is 0 Å². The van der Waals surface area contributed by atoms with Crippen LogP contribution in [0.25, 0.3) is 0 Å². The predicted octanol–water partition coefficient (Wildman–Crippen LogP) is 1.22. The summed E-state index contributed by atoms with van der Waals surface area (Å²) >= 11 is 0. The van der Waals surface area contributed by atoms with E-state index in [1.807, 2.05) is 6.92 Å². The molecule has 3 nitrogen and oxygen atoms in total. The van der Waals surface area contributed by atoms with Crippen LogP contribution in [0.3, 0.4) is 0 Å². The number of hydrogen-bond acceptors (Lipinski definition) is 2. The molecule has 2 atom stereocenters. The molecule has 0 bridgehead atoms. The van der Waals surface area contributed by atoms with Gasteiger partial charge >= 0.3 is 5.97 Å². The highest BCUT2D eigenvalue weighted by Crippen LogP contribution is 2.34. The summed E-state index contributed by atoms with van der Waals surface area (Å²) in [5.41, 5.74) is 5.86. The predicted molar refractivity (Wildman–Crippen MR) is 46.7 cm³/mol. The Labute approximate surface area is 72.9 Å². The van der Waals surface area contributed by atoms with Crippen molar-refractivity contribution < 1.29 is 9.90 Å². The van der Waals surface area contributed by atoms with Crippen LogP contribution >= 0.6 is 0 Å². The zero-order valence-electron chi connectivity index (χ0n) is 7.49. The fourth-order valence-corrected chi connectivity index (χ4v) is 1.56. The van der Waals surface area contributed by atoms with Gasteiger partial charge < -0.3 is 10.8 Å². The van der Waals surface area contributed by atoms with Gasteiger partial charge in [-0.25, -0.2) is 0 Å². The summed E-state index contributed by atoms with van der Waals surface area (Å²) in [5, 5.41) is 8.51. The van der Waals surface area contributed by atoms with Crippen LogP contribution < -0.4 is 5.73 Å². The largest absolute Gasteiger partial charge is 0.481 e. The van der Waals surface area contributed by atoms with Crippen molar-refractivity contribution in [2.24, 2.45) is 17.6 Å². The van der Waals surface area contributed by atoms with Gasteiger partial charge in [0.25, 0.3) is 0 Å². The van der Waals surface area contributed by atoms with Gasteiger partial charge in [0.15, 0.2) is 0 Å². The molecular formula is C9H17NO2. The van der Waals surface area contributed by atoms with Gasteiger partial charge in [0.1, 0.15) is 0 Å². The Balaban J connectivity index is 2.15. The van der Waals surface area contributed by atoms with Gasteiger partial charge in [-0.1, -0.05) is 6.92 Å². The number of nitrogens with two attached hydrogens (primary N) is 1. The van der Waals surface area contributed by atoms with Crippen LogP contribution in [0.4, 0.5) is 0 Å². The third kappa shape index (κ3) is 3.22. The molecular weight excluding hydrogens is 154 g/mol. The summed E-state index contributed by atoms with van der Waals surface area (Å²) in [6, 6.07) is 0.236. The molecule has 0 aliphatic heterocycles. The average Bonchev–Trinajstić information content (AvgIpc) is 2.63. The zero-order chi connectivity index (χ0) is 9.14. The van der Waals surface area contributed by atoms with Crippen LogP contribution in [0, 0.1) is 11.8 Å². The van der Waals surface area contributed by atoms with Crippen molar-refractivity contribution in [3.8, 4) is 0 Å². The van der Waals surface area contributed by atoms with Crippen molar-refractivity contribution in [1.82, 2.24) is 0 Å². The van der Waals surface area contributed by atoms with E-state index in [-0.39, 0.29) is 18.4 Å². The van der Waals surface area contributed by atoms with E-state index in [0.717, 1.165) is 6.42 Å². The van der Waals surface area contributed by atoms with Gasteiger partial charge in [0, 0.05) is 12.5 Å². The second-order valence-electron chi connectivity index (χ2n) is 3.94. The number of aliphatic carboxylic acids is 1. The molecule has 0 amide bonds. The molecule has 70 valence electrons. The standard InChI is InChI=1S/C9H17NO2/c1-6(5-9(11)12)4-8(10)7-2-3-7/h6-8H,2-5,10H2,1H3,(H,11,12)/t6-,8+/m0/s1. The molecule has 0 aromatic heterocycles. The Morgan fingerprint density at radius 3 is 2.67 bits per heavy atom. The molecule has 1 saturated carbocycles. The second-order valence-corrected chi connectivity index (χ2v) is 3.94. The summed E-state index contributed by atoms with van der Waals surface area (Å²) in [4.78, 5) is 10.3. The van der Waals surface area contributed by atoms with Crippen LogP contribution in [0.2, 0.25) is 0 Å². The number of hydrogen-bond donors (Lipinski definition) is 2. The number of carbonyl (C=O) groups is 1. The van der Waals surface area contributed by atoms with Gasteiger partial charge in [0.05, 0.1) is 0 Å². The van der Waals surface area contributed by atoms with Crippen molar-refractivity contribution >= 4 is 5.97 Å². The lowest BCUT2D eigenvalue weighted by Gasteiger charge is -2.14. The van der Waals surface area contributed by atoms with E-state index >= 15 is 0 Å². The first-order valence-electron chi connectivity index (χ1n) is 4.57. The monoisotopic (exact) mass is 171 g/mol. The maximum atomic E-state index is 10.3. The van der Waals surface area contributed by atoms with E-state index in [1.165, 1.54) is 12.8 Å². The smallest absolute Gasteiger partial charge is 0.303 e. The molecule has 1 aliphatic carbocycles. The third-order valence-corrected chi connectivity index (χ3v) is 2.43. The highest BCUT2D eigenvalue weighted by Gasteiger charge is 2.29. The van der Waals surface area contributed by atoms with E-state index in [1.54, 1.807) is 0 Å². The topological polar surface area (TPSA) is 63.3 Å². The quantitative estimate of drug-likeness (QED) is 0.653. The Kier molecular flexibility index (Phi) is 3.09. The van der Waals surface area contributed by atoms with Crippen LogP contribution in [0.5, 0.6) is 0 Å². The molecule has 1 aliphatic rings. The number of rotatable bonds is 5. The van der Waals surface area contributed by atoms with Crippen molar-refractivity contribution in [2.45, 2.75) is 38.6 Å². The summed E-state index contributed by atoms with van der Waals surface area (Å²) in [7, 11) is 0. The highest BCUT2D eigenvalue weighted by molar-refractivity contribution is 5.66. The Morgan fingerprint density at radius 2 is 2.25 bits per heavy atom. The SMILES string of the molecule is C[C@H](CC(=O)O)C[C@@H](N)C1CC1. The lowest BCUT2D eigenvalue weighted by atomic mass is 9.96. The molecule has 0 saturated heterocycles. The van der Waals surface area contributed by atoms with Gasteiger partial charge in [-0.05, 0) is 31.1 Å². The number of carboxylic acid groups (broad SMARTS) is 1. The molecule has 0 spiro atoms. The van der Waals surface area contributed by atoms with Crippen molar-refractivity contribution in [3.05, 3.63) is 0 Å². The van der Waals surface area contributed by atoms with Crippen LogP contribution in [-0.2, 0) is 4.79 Å². The molecule has 0 aromatic rings. The summed E-state index contributed by atoms with van der Waals surface area (Å²) < 4.78 is 0. The Hall–Kier alpha value is -0.570. The third-order valence-electron chi connectivity index (χ3n) is 2.43. The molecule has 0 heterocycles. The summed E-state index contributed by atoms with van der Waals surface area (Å²) in [5.74, 6) is 0.185. The normalized spacial score (nSPS) is 21.8. The molecule has 0 aromatic carbocycles. The maximum Gasteiger partial charge on any atom is 0.303 e. The molecule has 0 radical (unpaired) electrons. The Bertz CT molecular complexity index is 166. The first kappa shape index (κ1) is 9.52. The van der Waals surface area contributed by atoms with E-state index in [9.17, 15) is 4.79 Å². The summed E-state index contributed by atoms with van der Waals surface area (Å²) in [6.07, 6.45) is 3.58. The lowest BCUT2D eigenvalue weighted by molar-refractivity contribution is -0.138. The minimum atomic E-state index is -0.717. The van der Waals surface area contributed by atoms with E-state index in [0.29, 0.717) is 5.92 Å². The number of carboxylic acids is 1. The van der Waals surface area contributed by atoms with Gasteiger partial charge in [-0.2, -0.15) is 0 Å². The van der Waals surface area contributed by atoms with Crippen LogP contribution in [0.1, 0.15) is 32.6 Å². The molecule has 1 fully saturated rings. The molecule has 3 heteroatoms. The molecule has 12 heavy (non-hydrogen) atoms. The van der Waals surface area contributed by atoms with Crippen LogP contribution in [0.15, 0.2) is 0 Å². The van der Waals surface area contributed by atoms with Gasteiger partial charge in [0.2, 0.25) is 0 Å². The van der Waals surface area contributed by atoms with Crippen LogP contribution in [-0.4, -0.2) is 17.1 Å². The molecule has 1 rings (SSSR count). The maximum absolute atomic E-state index is 10.3. The first-order valence-corrected chi connectivity index (χ1v) is 4.57. The molecule has 0 unspecified atom stereocenters. The fourth-order valence-electron chi connectivity index (χ4n) is 1.56. The van der Waals surface area contributed by atoms with E-state index < -0.39 is 5.97 Å². The first-order chi connectivity index (χ1) is 5.59. The summed E-state index contributed by atoms with van der Waals surface area (Å²) in [6.45, 7) is 1.95. The van der Waals surface area contributed by atoms with Gasteiger partial charge in [-0.3, -0.25) is 4.79 Å².